The monoisotopic (exact) mass is 280 g/mol. The molecule has 0 spiro atoms. The van der Waals surface area contributed by atoms with Gasteiger partial charge in [-0.15, -0.1) is 0 Å². The van der Waals surface area contributed by atoms with Gasteiger partial charge in [0, 0.05) is 33.9 Å². The van der Waals surface area contributed by atoms with Crippen LogP contribution in [0.4, 0.5) is 0 Å². The Hall–Kier alpha value is -2.62. The minimum absolute atomic E-state index is 0.570. The van der Waals surface area contributed by atoms with Crippen LogP contribution in [0, 0.1) is 0 Å². The summed E-state index contributed by atoms with van der Waals surface area (Å²) in [5.74, 6) is 0. The van der Waals surface area contributed by atoms with Gasteiger partial charge in [-0.1, -0.05) is 11.2 Å². The Kier molecular flexibility index (Phi) is 3.22. The highest BCUT2D eigenvalue weighted by atomic mass is 16.4. The standard InChI is InChI=1S/C17H16N2O2/c1-3-19-16-6-4-12(10-20)8-14(16)15-9-13(11(2)18-21)5-7-17(15)19/h4-10,21H,3H2,1-2H3/b18-11+. The molecule has 1 heterocycles. The summed E-state index contributed by atoms with van der Waals surface area (Å²) in [5.41, 5.74) is 4.33. The van der Waals surface area contributed by atoms with Gasteiger partial charge in [0.2, 0.25) is 0 Å². The number of carbonyl (C=O) groups is 1. The maximum Gasteiger partial charge on any atom is 0.150 e. The van der Waals surface area contributed by atoms with Gasteiger partial charge < -0.3 is 9.77 Å². The van der Waals surface area contributed by atoms with Crippen molar-refractivity contribution >= 4 is 33.8 Å². The summed E-state index contributed by atoms with van der Waals surface area (Å²) in [5, 5.41) is 14.3. The Balaban J connectivity index is 2.43. The normalized spacial score (nSPS) is 12.2. The van der Waals surface area contributed by atoms with Gasteiger partial charge in [0.25, 0.3) is 0 Å². The lowest BCUT2D eigenvalue weighted by molar-refractivity contribution is 0.112. The van der Waals surface area contributed by atoms with Crippen LogP contribution in [0.3, 0.4) is 0 Å². The Bertz CT molecular complexity index is 875. The first kappa shape index (κ1) is 13.4. The Morgan fingerprint density at radius 1 is 1.19 bits per heavy atom. The third-order valence-electron chi connectivity index (χ3n) is 3.91. The number of aldehydes is 1. The van der Waals surface area contributed by atoms with Gasteiger partial charge in [-0.25, -0.2) is 0 Å². The summed E-state index contributed by atoms with van der Waals surface area (Å²) in [7, 11) is 0. The number of hydrogen-bond donors (Lipinski definition) is 1. The van der Waals surface area contributed by atoms with Gasteiger partial charge in [-0.05, 0) is 49.7 Å². The molecule has 0 aliphatic carbocycles. The highest BCUT2D eigenvalue weighted by Crippen LogP contribution is 2.30. The van der Waals surface area contributed by atoms with Gasteiger partial charge in [-0.3, -0.25) is 4.79 Å². The average molecular weight is 280 g/mol. The maximum atomic E-state index is 11.0. The molecule has 0 atom stereocenters. The van der Waals surface area contributed by atoms with E-state index in [1.54, 1.807) is 6.92 Å². The van der Waals surface area contributed by atoms with E-state index in [-0.39, 0.29) is 0 Å². The van der Waals surface area contributed by atoms with E-state index in [0.717, 1.165) is 40.2 Å². The van der Waals surface area contributed by atoms with E-state index in [4.69, 9.17) is 5.21 Å². The molecular formula is C17H16N2O2. The molecule has 4 nitrogen and oxygen atoms in total. The number of benzene rings is 2. The summed E-state index contributed by atoms with van der Waals surface area (Å²) in [6.45, 7) is 4.71. The molecule has 3 rings (SSSR count). The second-order valence-corrected chi connectivity index (χ2v) is 5.06. The van der Waals surface area contributed by atoms with Crippen molar-refractivity contribution in [3.05, 3.63) is 47.5 Å². The minimum atomic E-state index is 0.570. The van der Waals surface area contributed by atoms with Crippen molar-refractivity contribution in [3.8, 4) is 0 Å². The molecule has 4 heteroatoms. The summed E-state index contributed by atoms with van der Waals surface area (Å²) in [6.07, 6.45) is 0.860. The number of aryl methyl sites for hydroxylation is 1. The van der Waals surface area contributed by atoms with Crippen LogP contribution in [-0.4, -0.2) is 21.8 Å². The highest BCUT2D eigenvalue weighted by molar-refractivity contribution is 6.12. The molecule has 1 aromatic heterocycles. The second-order valence-electron chi connectivity index (χ2n) is 5.06. The molecule has 0 bridgehead atoms. The number of carbonyl (C=O) groups excluding carboxylic acids is 1. The molecule has 106 valence electrons. The van der Waals surface area contributed by atoms with Crippen molar-refractivity contribution in [1.29, 1.82) is 0 Å². The number of fused-ring (bicyclic) bond motifs is 3. The van der Waals surface area contributed by atoms with E-state index in [1.807, 2.05) is 36.4 Å². The molecule has 3 aromatic rings. The van der Waals surface area contributed by atoms with Crippen LogP contribution in [0.25, 0.3) is 21.8 Å². The first-order chi connectivity index (χ1) is 10.2. The van der Waals surface area contributed by atoms with Crippen LogP contribution >= 0.6 is 0 Å². The fourth-order valence-electron chi connectivity index (χ4n) is 2.82. The van der Waals surface area contributed by atoms with Gasteiger partial charge in [-0.2, -0.15) is 0 Å². The quantitative estimate of drug-likeness (QED) is 0.343. The highest BCUT2D eigenvalue weighted by Gasteiger charge is 2.11. The molecule has 2 aromatic carbocycles. The van der Waals surface area contributed by atoms with Crippen molar-refractivity contribution in [1.82, 2.24) is 4.57 Å². The number of aromatic nitrogens is 1. The first-order valence-electron chi connectivity index (χ1n) is 6.89. The second kappa shape index (κ2) is 5.05. The fraction of sp³-hybridized carbons (Fsp3) is 0.176. The predicted octanol–water partition coefficient (Wildman–Crippen LogP) is 3.83. The van der Waals surface area contributed by atoms with Crippen molar-refractivity contribution in [3.63, 3.8) is 0 Å². The average Bonchev–Trinajstić information content (AvgIpc) is 2.86. The van der Waals surface area contributed by atoms with Gasteiger partial charge in [0.15, 0.2) is 0 Å². The third-order valence-corrected chi connectivity index (χ3v) is 3.91. The van der Waals surface area contributed by atoms with Crippen LogP contribution in [0.2, 0.25) is 0 Å². The van der Waals surface area contributed by atoms with E-state index in [1.165, 1.54) is 0 Å². The lowest BCUT2D eigenvalue weighted by Gasteiger charge is -2.03. The fourth-order valence-corrected chi connectivity index (χ4v) is 2.82. The largest absolute Gasteiger partial charge is 0.411 e. The molecule has 21 heavy (non-hydrogen) atoms. The van der Waals surface area contributed by atoms with Crippen molar-refractivity contribution < 1.29 is 10.0 Å². The predicted molar refractivity (Wildman–Crippen MR) is 84.5 cm³/mol. The van der Waals surface area contributed by atoms with Crippen LogP contribution in [-0.2, 0) is 6.54 Å². The molecule has 0 fully saturated rings. The zero-order valence-corrected chi connectivity index (χ0v) is 12.0. The third kappa shape index (κ3) is 2.00. The van der Waals surface area contributed by atoms with Crippen LogP contribution in [0.5, 0.6) is 0 Å². The Morgan fingerprint density at radius 2 is 1.86 bits per heavy atom. The van der Waals surface area contributed by atoms with Crippen molar-refractivity contribution in [2.45, 2.75) is 20.4 Å². The van der Waals surface area contributed by atoms with Gasteiger partial charge in [0.1, 0.15) is 6.29 Å². The Labute approximate surface area is 122 Å². The number of hydrogen-bond acceptors (Lipinski definition) is 3. The molecular weight excluding hydrogens is 264 g/mol. The van der Waals surface area contributed by atoms with Crippen molar-refractivity contribution in [2.24, 2.45) is 5.16 Å². The molecule has 0 radical (unpaired) electrons. The van der Waals surface area contributed by atoms with Crippen molar-refractivity contribution in [2.75, 3.05) is 0 Å². The summed E-state index contributed by atoms with van der Waals surface area (Å²) in [4.78, 5) is 11.0. The molecule has 0 unspecified atom stereocenters. The van der Waals surface area contributed by atoms with Gasteiger partial charge >= 0.3 is 0 Å². The smallest absolute Gasteiger partial charge is 0.150 e. The molecule has 0 saturated heterocycles. The molecule has 1 N–H and O–H groups in total. The van der Waals surface area contributed by atoms with E-state index in [2.05, 4.69) is 16.6 Å². The minimum Gasteiger partial charge on any atom is -0.411 e. The van der Waals surface area contributed by atoms with Crippen LogP contribution in [0.15, 0.2) is 41.6 Å². The summed E-state index contributed by atoms with van der Waals surface area (Å²) < 4.78 is 2.22. The lowest BCUT2D eigenvalue weighted by atomic mass is 10.1. The molecule has 0 saturated carbocycles. The topological polar surface area (TPSA) is 54.6 Å². The number of nitrogens with zero attached hydrogens (tertiary/aromatic N) is 2. The maximum absolute atomic E-state index is 11.0. The van der Waals surface area contributed by atoms with Crippen LogP contribution in [0.1, 0.15) is 29.8 Å². The van der Waals surface area contributed by atoms with Crippen LogP contribution < -0.4 is 0 Å². The van der Waals surface area contributed by atoms with E-state index < -0.39 is 0 Å². The summed E-state index contributed by atoms with van der Waals surface area (Å²) in [6, 6.07) is 11.7. The lowest BCUT2D eigenvalue weighted by Crippen LogP contribution is -1.95. The molecule has 0 amide bonds. The zero-order chi connectivity index (χ0) is 15.0. The van der Waals surface area contributed by atoms with E-state index in [9.17, 15) is 4.79 Å². The van der Waals surface area contributed by atoms with E-state index in [0.29, 0.717) is 11.3 Å². The van der Waals surface area contributed by atoms with E-state index >= 15 is 0 Å². The molecule has 0 aliphatic heterocycles. The zero-order valence-electron chi connectivity index (χ0n) is 12.0. The number of oxime groups is 1. The SMILES string of the molecule is CCn1c2ccc(C=O)cc2c2cc(/C(C)=N/O)ccc21. The molecule has 0 aliphatic rings. The number of rotatable bonds is 3. The summed E-state index contributed by atoms with van der Waals surface area (Å²) >= 11 is 0. The Morgan fingerprint density at radius 3 is 2.48 bits per heavy atom. The first-order valence-corrected chi connectivity index (χ1v) is 6.89. The van der Waals surface area contributed by atoms with Gasteiger partial charge in [0.05, 0.1) is 5.71 Å².